The normalized spacial score (nSPS) is 16.8. The van der Waals surface area contributed by atoms with Crippen LogP contribution in [-0.4, -0.2) is 23.5 Å². The Balaban J connectivity index is 0.000000720. The van der Waals surface area contributed by atoms with Gasteiger partial charge in [0, 0.05) is 24.4 Å². The topological polar surface area (TPSA) is 42.2 Å². The molecule has 2 N–H and O–H groups in total. The lowest BCUT2D eigenvalue weighted by Gasteiger charge is -2.20. The number of anilines is 1. The van der Waals surface area contributed by atoms with Crippen molar-refractivity contribution in [2.75, 3.05) is 19.3 Å². The molecule has 4 heteroatoms. The van der Waals surface area contributed by atoms with E-state index in [9.17, 15) is 0 Å². The molecule has 0 spiro atoms. The van der Waals surface area contributed by atoms with E-state index in [-0.39, 0.29) is 7.43 Å². The summed E-state index contributed by atoms with van der Waals surface area (Å²) < 4.78 is 0. The van der Waals surface area contributed by atoms with E-state index in [4.69, 9.17) is 5.73 Å². The highest BCUT2D eigenvalue weighted by Crippen LogP contribution is 2.25. The maximum atomic E-state index is 5.59. The number of nitrogen functional groups attached to an aromatic ring is 1. The van der Waals surface area contributed by atoms with E-state index in [0.717, 1.165) is 19.5 Å². The number of nitrogens with zero attached hydrogens (tertiary/aromatic N) is 2. The Bertz CT molecular complexity index is 269. The Morgan fingerprint density at radius 1 is 1.58 bits per heavy atom. The molecule has 0 aliphatic carbocycles. The molecular weight excluding hydrogens is 170 g/mol. The maximum Gasteiger partial charge on any atom is 0.180 e. The third-order valence-electron chi connectivity index (χ3n) is 1.94. The number of likely N-dealkylation sites (N-methyl/N-ethyl adjacent to an activating group) is 1. The van der Waals surface area contributed by atoms with Gasteiger partial charge in [-0.15, -0.1) is 11.3 Å². The van der Waals surface area contributed by atoms with Gasteiger partial charge in [0.2, 0.25) is 0 Å². The Morgan fingerprint density at radius 2 is 2.33 bits per heavy atom. The third-order valence-corrected chi connectivity index (χ3v) is 2.85. The van der Waals surface area contributed by atoms with Crippen molar-refractivity contribution in [1.29, 1.82) is 0 Å². The molecule has 0 unspecified atom stereocenters. The van der Waals surface area contributed by atoms with Crippen molar-refractivity contribution in [1.82, 2.24) is 9.88 Å². The molecule has 1 aliphatic heterocycles. The predicted octanol–water partition coefficient (Wildman–Crippen LogP) is 1.35. The van der Waals surface area contributed by atoms with Gasteiger partial charge in [-0.05, 0) is 7.05 Å². The summed E-state index contributed by atoms with van der Waals surface area (Å²) in [7, 11) is 2.12. The van der Waals surface area contributed by atoms with E-state index in [2.05, 4.69) is 16.9 Å². The molecule has 1 aromatic heterocycles. The van der Waals surface area contributed by atoms with Gasteiger partial charge in [0.1, 0.15) is 0 Å². The molecule has 0 radical (unpaired) electrons. The van der Waals surface area contributed by atoms with E-state index in [1.54, 1.807) is 11.3 Å². The van der Waals surface area contributed by atoms with Crippen LogP contribution in [0.1, 0.15) is 18.0 Å². The molecule has 1 aromatic rings. The first kappa shape index (κ1) is 9.48. The fourth-order valence-electron chi connectivity index (χ4n) is 1.34. The van der Waals surface area contributed by atoms with Crippen LogP contribution >= 0.6 is 11.3 Å². The molecule has 2 heterocycles. The average molecular weight is 185 g/mol. The molecule has 2 rings (SSSR count). The van der Waals surface area contributed by atoms with Crippen LogP contribution in [0, 0.1) is 0 Å². The first-order valence-electron chi connectivity index (χ1n) is 3.68. The monoisotopic (exact) mass is 185 g/mol. The summed E-state index contributed by atoms with van der Waals surface area (Å²) in [5, 5.41) is 0.713. The number of hydrogen-bond acceptors (Lipinski definition) is 4. The van der Waals surface area contributed by atoms with E-state index in [0.29, 0.717) is 5.13 Å². The standard InChI is InChI=1S/C7H11N3S.CH4/c1-10-3-2-5-6(4-10)11-7(8)9-5;/h2-4H2,1H3,(H2,8,9);1H4. The molecule has 0 saturated carbocycles. The Kier molecular flexibility index (Phi) is 2.69. The summed E-state index contributed by atoms with van der Waals surface area (Å²) in [6.45, 7) is 2.13. The number of hydrogen-bond donors (Lipinski definition) is 1. The number of thiazole rings is 1. The van der Waals surface area contributed by atoms with E-state index < -0.39 is 0 Å². The van der Waals surface area contributed by atoms with Crippen LogP contribution in [0.25, 0.3) is 0 Å². The van der Waals surface area contributed by atoms with Gasteiger partial charge in [0.05, 0.1) is 5.69 Å². The first-order valence-corrected chi connectivity index (χ1v) is 4.50. The molecule has 0 bridgehead atoms. The number of fused-ring (bicyclic) bond motifs is 1. The zero-order valence-corrected chi connectivity index (χ0v) is 7.32. The van der Waals surface area contributed by atoms with Gasteiger partial charge in [-0.1, -0.05) is 7.43 Å². The largest absolute Gasteiger partial charge is 0.375 e. The van der Waals surface area contributed by atoms with Gasteiger partial charge < -0.3 is 10.6 Å². The summed E-state index contributed by atoms with van der Waals surface area (Å²) in [6.07, 6.45) is 1.06. The molecule has 68 valence electrons. The fraction of sp³-hybridized carbons (Fsp3) is 0.625. The molecule has 0 saturated heterocycles. The number of aromatic nitrogens is 1. The Hall–Kier alpha value is -0.610. The van der Waals surface area contributed by atoms with E-state index in [1.165, 1.54) is 10.6 Å². The van der Waals surface area contributed by atoms with Crippen LogP contribution in [0.2, 0.25) is 0 Å². The van der Waals surface area contributed by atoms with Crippen molar-refractivity contribution >= 4 is 16.5 Å². The lowest BCUT2D eigenvalue weighted by atomic mass is 10.2. The molecule has 0 aromatic carbocycles. The molecule has 0 atom stereocenters. The van der Waals surface area contributed by atoms with Crippen LogP contribution in [0.3, 0.4) is 0 Å². The maximum absolute atomic E-state index is 5.59. The quantitative estimate of drug-likeness (QED) is 0.663. The predicted molar refractivity (Wildman–Crippen MR) is 53.3 cm³/mol. The van der Waals surface area contributed by atoms with Crippen LogP contribution in [0.5, 0.6) is 0 Å². The zero-order chi connectivity index (χ0) is 7.84. The second-order valence-corrected chi connectivity index (χ2v) is 4.02. The lowest BCUT2D eigenvalue weighted by molar-refractivity contribution is 0.314. The first-order chi connectivity index (χ1) is 5.25. The molecule has 12 heavy (non-hydrogen) atoms. The summed E-state index contributed by atoms with van der Waals surface area (Å²) in [5.41, 5.74) is 6.81. The van der Waals surface area contributed by atoms with E-state index in [1.807, 2.05) is 0 Å². The Labute approximate surface area is 77.2 Å². The third kappa shape index (κ3) is 1.59. The highest BCUT2D eigenvalue weighted by atomic mass is 32.1. The second kappa shape index (κ2) is 3.41. The van der Waals surface area contributed by atoms with Crippen molar-refractivity contribution in [3.8, 4) is 0 Å². The number of nitrogens with two attached hydrogens (primary N) is 1. The second-order valence-electron chi connectivity index (χ2n) is 2.91. The van der Waals surface area contributed by atoms with Crippen LogP contribution in [0.15, 0.2) is 0 Å². The minimum atomic E-state index is 0. The van der Waals surface area contributed by atoms with Gasteiger partial charge in [-0.2, -0.15) is 0 Å². The summed E-state index contributed by atoms with van der Waals surface area (Å²) in [6, 6.07) is 0. The van der Waals surface area contributed by atoms with Crippen LogP contribution < -0.4 is 5.73 Å². The highest BCUT2D eigenvalue weighted by Gasteiger charge is 2.16. The minimum Gasteiger partial charge on any atom is -0.375 e. The summed E-state index contributed by atoms with van der Waals surface area (Å²) in [4.78, 5) is 7.89. The smallest absolute Gasteiger partial charge is 0.180 e. The zero-order valence-electron chi connectivity index (χ0n) is 6.50. The van der Waals surface area contributed by atoms with Crippen molar-refractivity contribution in [2.45, 2.75) is 20.4 Å². The molecule has 3 nitrogen and oxygen atoms in total. The van der Waals surface area contributed by atoms with Crippen LogP contribution in [-0.2, 0) is 13.0 Å². The Morgan fingerprint density at radius 3 is 3.08 bits per heavy atom. The molecule has 0 amide bonds. The fourth-order valence-corrected chi connectivity index (χ4v) is 2.30. The average Bonchev–Trinajstić information content (AvgIpc) is 2.27. The van der Waals surface area contributed by atoms with Gasteiger partial charge in [0.15, 0.2) is 5.13 Å². The van der Waals surface area contributed by atoms with Crippen molar-refractivity contribution in [3.63, 3.8) is 0 Å². The van der Waals surface area contributed by atoms with E-state index >= 15 is 0 Å². The van der Waals surface area contributed by atoms with Crippen molar-refractivity contribution < 1.29 is 0 Å². The van der Waals surface area contributed by atoms with Crippen molar-refractivity contribution in [3.05, 3.63) is 10.6 Å². The van der Waals surface area contributed by atoms with Gasteiger partial charge in [0.25, 0.3) is 0 Å². The number of rotatable bonds is 0. The van der Waals surface area contributed by atoms with Gasteiger partial charge >= 0.3 is 0 Å². The van der Waals surface area contributed by atoms with Gasteiger partial charge in [-0.3, -0.25) is 0 Å². The molecule has 0 fully saturated rings. The minimum absolute atomic E-state index is 0. The van der Waals surface area contributed by atoms with Gasteiger partial charge in [-0.25, -0.2) is 4.98 Å². The van der Waals surface area contributed by atoms with Crippen LogP contribution in [0.4, 0.5) is 5.13 Å². The summed E-state index contributed by atoms with van der Waals surface area (Å²) >= 11 is 1.62. The highest BCUT2D eigenvalue weighted by molar-refractivity contribution is 7.15. The van der Waals surface area contributed by atoms with Crippen molar-refractivity contribution in [2.24, 2.45) is 0 Å². The molecule has 1 aliphatic rings. The SMILES string of the molecule is C.CN1CCc2nc(N)sc2C1. The molecular formula is C8H15N3S. The summed E-state index contributed by atoms with van der Waals surface area (Å²) in [5.74, 6) is 0. The lowest BCUT2D eigenvalue weighted by Crippen LogP contribution is -2.25.